The van der Waals surface area contributed by atoms with E-state index in [4.69, 9.17) is 4.42 Å². The highest BCUT2D eigenvalue weighted by Crippen LogP contribution is 2.36. The highest BCUT2D eigenvalue weighted by atomic mass is 16.3. The molecule has 7 nitrogen and oxygen atoms in total. The van der Waals surface area contributed by atoms with Crippen LogP contribution >= 0.6 is 0 Å². The molecule has 2 aliphatic carbocycles. The number of nitrogens with zero attached hydrogens (tertiary/aromatic N) is 3. The summed E-state index contributed by atoms with van der Waals surface area (Å²) in [4.78, 5) is 24.7. The molecule has 2 heterocycles. The number of nitrogens with one attached hydrogen (secondary N) is 1. The fraction of sp³-hybridized carbons (Fsp3) is 0.632. The molecule has 2 fully saturated rings. The SMILES string of the molecule is O=C(CCC1CCCC1)NCCn1nc(-c2ccco2)n(C2CC2)c1=O. The summed E-state index contributed by atoms with van der Waals surface area (Å²) in [6, 6.07) is 3.83. The Kier molecular flexibility index (Phi) is 4.95. The lowest BCUT2D eigenvalue weighted by Crippen LogP contribution is -2.32. The van der Waals surface area contributed by atoms with Gasteiger partial charge in [-0.2, -0.15) is 0 Å². The second kappa shape index (κ2) is 7.51. The van der Waals surface area contributed by atoms with Gasteiger partial charge in [0.25, 0.3) is 0 Å². The van der Waals surface area contributed by atoms with Crippen LogP contribution in [0.1, 0.15) is 57.4 Å². The van der Waals surface area contributed by atoms with Gasteiger partial charge < -0.3 is 9.73 Å². The molecule has 2 aliphatic rings. The first-order valence-electron chi connectivity index (χ1n) is 9.72. The Bertz CT molecular complexity index is 795. The van der Waals surface area contributed by atoms with Crippen LogP contribution in [-0.4, -0.2) is 26.8 Å². The van der Waals surface area contributed by atoms with E-state index in [0.29, 0.717) is 37.0 Å². The van der Waals surface area contributed by atoms with E-state index in [9.17, 15) is 9.59 Å². The number of amides is 1. The van der Waals surface area contributed by atoms with Gasteiger partial charge in [-0.3, -0.25) is 9.36 Å². The number of rotatable bonds is 8. The van der Waals surface area contributed by atoms with Gasteiger partial charge in [-0.1, -0.05) is 25.7 Å². The maximum Gasteiger partial charge on any atom is 0.346 e. The van der Waals surface area contributed by atoms with Crippen molar-refractivity contribution in [1.82, 2.24) is 19.7 Å². The summed E-state index contributed by atoms with van der Waals surface area (Å²) in [6.45, 7) is 0.796. The van der Waals surface area contributed by atoms with Crippen molar-refractivity contribution < 1.29 is 9.21 Å². The smallest absolute Gasteiger partial charge is 0.346 e. The first kappa shape index (κ1) is 17.1. The zero-order chi connectivity index (χ0) is 17.9. The third-order valence-corrected chi connectivity index (χ3v) is 5.42. The quantitative estimate of drug-likeness (QED) is 0.787. The van der Waals surface area contributed by atoms with E-state index in [1.165, 1.54) is 30.4 Å². The van der Waals surface area contributed by atoms with E-state index in [2.05, 4.69) is 10.4 Å². The van der Waals surface area contributed by atoms with Gasteiger partial charge in [0, 0.05) is 19.0 Å². The Morgan fingerprint density at radius 1 is 1.27 bits per heavy atom. The Balaban J connectivity index is 1.34. The molecule has 0 aromatic carbocycles. The van der Waals surface area contributed by atoms with Crippen molar-refractivity contribution in [3.05, 3.63) is 28.9 Å². The molecule has 7 heteroatoms. The summed E-state index contributed by atoms with van der Waals surface area (Å²) in [5.41, 5.74) is -0.126. The summed E-state index contributed by atoms with van der Waals surface area (Å²) < 4.78 is 8.59. The average molecular weight is 358 g/mol. The molecule has 0 saturated heterocycles. The van der Waals surface area contributed by atoms with E-state index in [0.717, 1.165) is 19.3 Å². The van der Waals surface area contributed by atoms with Gasteiger partial charge in [-0.25, -0.2) is 9.48 Å². The Morgan fingerprint density at radius 2 is 2.08 bits per heavy atom. The summed E-state index contributed by atoms with van der Waals surface area (Å²) in [6.07, 6.45) is 10.3. The molecule has 2 saturated carbocycles. The molecule has 2 aromatic rings. The van der Waals surface area contributed by atoms with Crippen LogP contribution < -0.4 is 11.0 Å². The standard InChI is InChI=1S/C19H26N4O3/c24-17(10-7-14-4-1-2-5-14)20-11-12-22-19(25)23(15-8-9-15)18(21-22)16-6-3-13-26-16/h3,6,13-15H,1-2,4-5,7-12H2,(H,20,24). The monoisotopic (exact) mass is 358 g/mol. The molecule has 0 radical (unpaired) electrons. The van der Waals surface area contributed by atoms with Gasteiger partial charge in [-0.05, 0) is 37.3 Å². The molecule has 2 aromatic heterocycles. The normalized spacial score (nSPS) is 17.7. The molecule has 1 amide bonds. The Morgan fingerprint density at radius 3 is 2.77 bits per heavy atom. The van der Waals surface area contributed by atoms with Gasteiger partial charge in [0.15, 0.2) is 5.76 Å². The summed E-state index contributed by atoms with van der Waals surface area (Å²) in [5, 5.41) is 7.36. The molecule has 0 atom stereocenters. The van der Waals surface area contributed by atoms with Gasteiger partial charge in [0.05, 0.1) is 12.8 Å². The number of furan rings is 1. The van der Waals surface area contributed by atoms with Gasteiger partial charge >= 0.3 is 5.69 Å². The fourth-order valence-electron chi connectivity index (χ4n) is 3.83. The minimum atomic E-state index is -0.126. The Labute approximate surface area is 152 Å². The fourth-order valence-corrected chi connectivity index (χ4v) is 3.83. The molecular weight excluding hydrogens is 332 g/mol. The van der Waals surface area contributed by atoms with Crippen molar-refractivity contribution >= 4 is 5.91 Å². The van der Waals surface area contributed by atoms with Gasteiger partial charge in [0.2, 0.25) is 11.7 Å². The van der Waals surface area contributed by atoms with Gasteiger partial charge in [-0.15, -0.1) is 5.10 Å². The van der Waals surface area contributed by atoms with Crippen LogP contribution in [0.4, 0.5) is 0 Å². The molecule has 26 heavy (non-hydrogen) atoms. The van der Waals surface area contributed by atoms with Crippen molar-refractivity contribution in [3.8, 4) is 11.6 Å². The maximum atomic E-state index is 12.7. The Hall–Kier alpha value is -2.31. The van der Waals surface area contributed by atoms with Crippen LogP contribution in [0, 0.1) is 5.92 Å². The first-order valence-corrected chi connectivity index (χ1v) is 9.72. The minimum Gasteiger partial charge on any atom is -0.461 e. The number of carbonyl (C=O) groups is 1. The number of aromatic nitrogens is 3. The predicted octanol–water partition coefficient (Wildman–Crippen LogP) is 2.73. The van der Waals surface area contributed by atoms with Crippen LogP contribution in [0.2, 0.25) is 0 Å². The summed E-state index contributed by atoms with van der Waals surface area (Å²) in [7, 11) is 0. The predicted molar refractivity (Wildman–Crippen MR) is 96.7 cm³/mol. The second-order valence-corrected chi connectivity index (χ2v) is 7.45. The molecule has 4 rings (SSSR count). The molecule has 0 unspecified atom stereocenters. The number of carbonyl (C=O) groups excluding carboxylic acids is 1. The van der Waals surface area contributed by atoms with Crippen molar-refractivity contribution in [2.24, 2.45) is 5.92 Å². The third kappa shape index (κ3) is 3.76. The molecule has 0 spiro atoms. The van der Waals surface area contributed by atoms with Crippen LogP contribution in [0.5, 0.6) is 0 Å². The van der Waals surface area contributed by atoms with Crippen LogP contribution in [0.3, 0.4) is 0 Å². The van der Waals surface area contributed by atoms with Crippen LogP contribution in [0.15, 0.2) is 27.6 Å². The average Bonchev–Trinajstić information content (AvgIpc) is 3.07. The van der Waals surface area contributed by atoms with Crippen molar-refractivity contribution in [2.75, 3.05) is 6.54 Å². The van der Waals surface area contributed by atoms with E-state index in [1.54, 1.807) is 16.9 Å². The number of hydrogen-bond acceptors (Lipinski definition) is 4. The highest BCUT2D eigenvalue weighted by Gasteiger charge is 2.31. The topological polar surface area (TPSA) is 82.1 Å². The molecule has 0 aliphatic heterocycles. The van der Waals surface area contributed by atoms with Crippen molar-refractivity contribution in [3.63, 3.8) is 0 Å². The minimum absolute atomic E-state index is 0.0674. The maximum absolute atomic E-state index is 12.7. The molecule has 1 N–H and O–H groups in total. The van der Waals surface area contributed by atoms with Crippen LogP contribution in [0.25, 0.3) is 11.6 Å². The lowest BCUT2D eigenvalue weighted by molar-refractivity contribution is -0.121. The van der Waals surface area contributed by atoms with Gasteiger partial charge in [0.1, 0.15) is 0 Å². The second-order valence-electron chi connectivity index (χ2n) is 7.45. The van der Waals surface area contributed by atoms with Crippen LogP contribution in [-0.2, 0) is 11.3 Å². The van der Waals surface area contributed by atoms with E-state index in [-0.39, 0.29) is 17.6 Å². The summed E-state index contributed by atoms with van der Waals surface area (Å²) in [5.74, 6) is 1.97. The lowest BCUT2D eigenvalue weighted by atomic mass is 10.0. The lowest BCUT2D eigenvalue weighted by Gasteiger charge is -2.08. The molecule has 140 valence electrons. The van der Waals surface area contributed by atoms with E-state index < -0.39 is 0 Å². The molecular formula is C19H26N4O3. The highest BCUT2D eigenvalue weighted by molar-refractivity contribution is 5.75. The largest absolute Gasteiger partial charge is 0.461 e. The molecule has 0 bridgehead atoms. The van der Waals surface area contributed by atoms with E-state index >= 15 is 0 Å². The van der Waals surface area contributed by atoms with Crippen molar-refractivity contribution in [1.29, 1.82) is 0 Å². The number of hydrogen-bond donors (Lipinski definition) is 1. The zero-order valence-electron chi connectivity index (χ0n) is 15.0. The van der Waals surface area contributed by atoms with E-state index in [1.807, 2.05) is 6.07 Å². The summed E-state index contributed by atoms with van der Waals surface area (Å²) >= 11 is 0. The third-order valence-electron chi connectivity index (χ3n) is 5.42. The van der Waals surface area contributed by atoms with Crippen molar-refractivity contribution in [2.45, 2.75) is 64.0 Å². The zero-order valence-corrected chi connectivity index (χ0v) is 15.0. The first-order chi connectivity index (χ1) is 12.7.